The van der Waals surface area contributed by atoms with Crippen LogP contribution in [0.15, 0.2) is 12.1 Å². The zero-order valence-corrected chi connectivity index (χ0v) is 17.6. The van der Waals surface area contributed by atoms with Gasteiger partial charge in [-0.15, -0.1) is 0 Å². The molecule has 1 spiro atoms. The molecule has 7 heteroatoms. The number of amides is 3. The SMILES string of the molecule is CCC(C)N1C(=O)C2C(C(C)C)NC3(C(=O)Nc4c(C)cc(Cl)cc43)C2C1=O. The van der Waals surface area contributed by atoms with Gasteiger partial charge < -0.3 is 5.32 Å². The Kier molecular flexibility index (Phi) is 4.36. The maximum absolute atomic E-state index is 13.5. The second-order valence-electron chi connectivity index (χ2n) is 8.63. The van der Waals surface area contributed by atoms with E-state index in [1.165, 1.54) is 4.90 Å². The molecule has 3 aliphatic heterocycles. The van der Waals surface area contributed by atoms with Gasteiger partial charge in [0.25, 0.3) is 0 Å². The summed E-state index contributed by atoms with van der Waals surface area (Å²) in [7, 11) is 0. The fourth-order valence-corrected chi connectivity index (χ4v) is 5.45. The van der Waals surface area contributed by atoms with Crippen LogP contribution in [-0.2, 0) is 19.9 Å². The first-order valence-electron chi connectivity index (χ1n) is 9.91. The number of rotatable bonds is 3. The molecule has 2 saturated heterocycles. The molecule has 0 aromatic heterocycles. The van der Waals surface area contributed by atoms with Crippen molar-refractivity contribution in [1.82, 2.24) is 10.2 Å². The monoisotopic (exact) mass is 403 g/mol. The zero-order chi connectivity index (χ0) is 20.5. The lowest BCUT2D eigenvalue weighted by Crippen LogP contribution is -2.54. The molecule has 28 heavy (non-hydrogen) atoms. The highest BCUT2D eigenvalue weighted by Crippen LogP contribution is 2.55. The molecule has 0 radical (unpaired) electrons. The maximum atomic E-state index is 13.5. The molecule has 2 fully saturated rings. The number of nitrogens with one attached hydrogen (secondary N) is 2. The molecule has 1 aromatic carbocycles. The van der Waals surface area contributed by atoms with Gasteiger partial charge in [0, 0.05) is 28.4 Å². The van der Waals surface area contributed by atoms with Crippen molar-refractivity contribution < 1.29 is 14.4 Å². The average molecular weight is 404 g/mol. The molecule has 3 amide bonds. The van der Waals surface area contributed by atoms with E-state index in [9.17, 15) is 14.4 Å². The highest BCUT2D eigenvalue weighted by atomic mass is 35.5. The first kappa shape index (κ1) is 19.4. The summed E-state index contributed by atoms with van der Waals surface area (Å²) in [6, 6.07) is 3.07. The predicted molar refractivity (Wildman–Crippen MR) is 107 cm³/mol. The number of carbonyl (C=O) groups excluding carboxylic acids is 3. The van der Waals surface area contributed by atoms with E-state index in [0.717, 1.165) is 5.56 Å². The third kappa shape index (κ3) is 2.28. The van der Waals surface area contributed by atoms with Gasteiger partial charge in [-0.05, 0) is 43.9 Å². The van der Waals surface area contributed by atoms with Crippen LogP contribution in [0.4, 0.5) is 5.69 Å². The average Bonchev–Trinajstić information content (AvgIpc) is 3.21. The Hall–Kier alpha value is -1.92. The molecule has 2 N–H and O–H groups in total. The van der Waals surface area contributed by atoms with Crippen LogP contribution in [0, 0.1) is 24.7 Å². The highest BCUT2D eigenvalue weighted by Gasteiger charge is 2.71. The van der Waals surface area contributed by atoms with Gasteiger partial charge in [-0.3, -0.25) is 24.6 Å². The van der Waals surface area contributed by atoms with E-state index in [2.05, 4.69) is 10.6 Å². The van der Waals surface area contributed by atoms with Crippen molar-refractivity contribution in [2.24, 2.45) is 17.8 Å². The molecule has 6 nitrogen and oxygen atoms in total. The van der Waals surface area contributed by atoms with E-state index in [1.54, 1.807) is 12.1 Å². The molecule has 0 aliphatic carbocycles. The predicted octanol–water partition coefficient (Wildman–Crippen LogP) is 2.82. The van der Waals surface area contributed by atoms with Crippen molar-refractivity contribution >= 4 is 35.0 Å². The second kappa shape index (κ2) is 6.29. The number of fused-ring (bicyclic) bond motifs is 4. The lowest BCUT2D eigenvalue weighted by atomic mass is 9.75. The lowest BCUT2D eigenvalue weighted by molar-refractivity contribution is -0.145. The van der Waals surface area contributed by atoms with E-state index in [0.29, 0.717) is 22.7 Å². The summed E-state index contributed by atoms with van der Waals surface area (Å²) < 4.78 is 0. The Balaban J connectivity index is 1.94. The third-order valence-electron chi connectivity index (χ3n) is 6.70. The number of aryl methyl sites for hydroxylation is 1. The van der Waals surface area contributed by atoms with Gasteiger partial charge in [0.05, 0.1) is 11.8 Å². The molecule has 1 aromatic rings. The number of nitrogens with zero attached hydrogens (tertiary/aromatic N) is 1. The Bertz CT molecular complexity index is 899. The van der Waals surface area contributed by atoms with E-state index in [4.69, 9.17) is 11.6 Å². The quantitative estimate of drug-likeness (QED) is 0.760. The van der Waals surface area contributed by atoms with Crippen LogP contribution < -0.4 is 10.6 Å². The molecule has 4 rings (SSSR count). The summed E-state index contributed by atoms with van der Waals surface area (Å²) in [6.45, 7) is 9.73. The fourth-order valence-electron chi connectivity index (χ4n) is 5.18. The molecule has 3 heterocycles. The fraction of sp³-hybridized carbons (Fsp3) is 0.571. The number of likely N-dealkylation sites (tertiary alicyclic amines) is 1. The van der Waals surface area contributed by atoms with Crippen LogP contribution in [0.5, 0.6) is 0 Å². The molecule has 0 saturated carbocycles. The zero-order valence-electron chi connectivity index (χ0n) is 16.8. The van der Waals surface area contributed by atoms with Crippen LogP contribution in [0.1, 0.15) is 45.2 Å². The number of hydrogen-bond acceptors (Lipinski definition) is 4. The van der Waals surface area contributed by atoms with E-state index in [-0.39, 0.29) is 35.7 Å². The van der Waals surface area contributed by atoms with Crippen LogP contribution in [0.2, 0.25) is 5.02 Å². The van der Waals surface area contributed by atoms with Crippen LogP contribution >= 0.6 is 11.6 Å². The molecule has 5 unspecified atom stereocenters. The molecule has 5 atom stereocenters. The highest BCUT2D eigenvalue weighted by molar-refractivity contribution is 6.31. The van der Waals surface area contributed by atoms with Gasteiger partial charge >= 0.3 is 0 Å². The summed E-state index contributed by atoms with van der Waals surface area (Å²) in [6.07, 6.45) is 0.678. The van der Waals surface area contributed by atoms with Gasteiger partial charge in [0.15, 0.2) is 0 Å². The van der Waals surface area contributed by atoms with Crippen molar-refractivity contribution in [3.8, 4) is 0 Å². The summed E-state index contributed by atoms with van der Waals surface area (Å²) in [4.78, 5) is 41.5. The second-order valence-corrected chi connectivity index (χ2v) is 9.07. The largest absolute Gasteiger partial charge is 0.324 e. The van der Waals surface area contributed by atoms with E-state index < -0.39 is 17.4 Å². The third-order valence-corrected chi connectivity index (χ3v) is 6.92. The Morgan fingerprint density at radius 1 is 1.18 bits per heavy atom. The van der Waals surface area contributed by atoms with Gasteiger partial charge in [-0.2, -0.15) is 0 Å². The van der Waals surface area contributed by atoms with Gasteiger partial charge in [0.1, 0.15) is 5.54 Å². The minimum absolute atomic E-state index is 0.0811. The Labute approximate surface area is 170 Å². The van der Waals surface area contributed by atoms with Gasteiger partial charge in [0.2, 0.25) is 17.7 Å². The summed E-state index contributed by atoms with van der Waals surface area (Å²) in [5.74, 6) is -1.96. The Morgan fingerprint density at radius 2 is 1.86 bits per heavy atom. The van der Waals surface area contributed by atoms with Crippen LogP contribution in [0.3, 0.4) is 0 Å². The standard InChI is InChI=1S/C21H26ClN3O3/c1-6-11(5)25-18(26)14-15(19(25)27)21(24-16(14)9(2)3)13-8-12(22)7-10(4)17(13)23-20(21)28/h7-9,11,14-16,24H,6H2,1-5H3,(H,23,28). The van der Waals surface area contributed by atoms with Crippen molar-refractivity contribution in [2.45, 2.75) is 58.7 Å². The van der Waals surface area contributed by atoms with E-state index in [1.807, 2.05) is 34.6 Å². The summed E-state index contributed by atoms with van der Waals surface area (Å²) in [5, 5.41) is 6.88. The molecular weight excluding hydrogens is 378 g/mol. The first-order valence-corrected chi connectivity index (χ1v) is 10.3. The number of anilines is 1. The van der Waals surface area contributed by atoms with E-state index >= 15 is 0 Å². The molecule has 150 valence electrons. The minimum atomic E-state index is -1.26. The molecule has 3 aliphatic rings. The first-order chi connectivity index (χ1) is 13.1. The number of hydrogen-bond donors (Lipinski definition) is 2. The van der Waals surface area contributed by atoms with Gasteiger partial charge in [-0.1, -0.05) is 32.4 Å². The number of carbonyl (C=O) groups is 3. The minimum Gasteiger partial charge on any atom is -0.324 e. The summed E-state index contributed by atoms with van der Waals surface area (Å²) >= 11 is 6.32. The van der Waals surface area contributed by atoms with Crippen molar-refractivity contribution in [3.05, 3.63) is 28.3 Å². The topological polar surface area (TPSA) is 78.5 Å². The lowest BCUT2D eigenvalue weighted by Gasteiger charge is -2.32. The van der Waals surface area contributed by atoms with Gasteiger partial charge in [-0.25, -0.2) is 0 Å². The number of halogens is 1. The number of imide groups is 1. The van der Waals surface area contributed by atoms with Crippen molar-refractivity contribution in [2.75, 3.05) is 5.32 Å². The normalized spacial score (nSPS) is 32.3. The van der Waals surface area contributed by atoms with Crippen LogP contribution in [0.25, 0.3) is 0 Å². The van der Waals surface area contributed by atoms with Crippen LogP contribution in [-0.4, -0.2) is 34.7 Å². The Morgan fingerprint density at radius 3 is 2.46 bits per heavy atom. The molecule has 0 bridgehead atoms. The molecular formula is C21H26ClN3O3. The van der Waals surface area contributed by atoms with Crippen molar-refractivity contribution in [1.29, 1.82) is 0 Å². The number of benzene rings is 1. The maximum Gasteiger partial charge on any atom is 0.250 e. The van der Waals surface area contributed by atoms with Crippen molar-refractivity contribution in [3.63, 3.8) is 0 Å². The smallest absolute Gasteiger partial charge is 0.250 e. The summed E-state index contributed by atoms with van der Waals surface area (Å²) in [5.41, 5.74) is 0.939.